The van der Waals surface area contributed by atoms with Crippen LogP contribution in [0.25, 0.3) is 11.1 Å². The van der Waals surface area contributed by atoms with Gasteiger partial charge in [-0.1, -0.05) is 31.2 Å². The third kappa shape index (κ3) is 6.83. The first-order valence-electron chi connectivity index (χ1n) is 11.8. The second-order valence-electron chi connectivity index (χ2n) is 9.17. The fourth-order valence-electron chi connectivity index (χ4n) is 4.40. The first-order valence-corrected chi connectivity index (χ1v) is 11.8. The van der Waals surface area contributed by atoms with Crippen molar-refractivity contribution in [1.82, 2.24) is 15.2 Å². The zero-order valence-corrected chi connectivity index (χ0v) is 20.3. The van der Waals surface area contributed by atoms with Gasteiger partial charge in [0.05, 0.1) is 12.1 Å². The highest BCUT2D eigenvalue weighted by molar-refractivity contribution is 5.76. The Balaban J connectivity index is 1.55. The number of aliphatic hydroxyl groups is 2. The van der Waals surface area contributed by atoms with E-state index < -0.39 is 25.1 Å². The van der Waals surface area contributed by atoms with Crippen LogP contribution in [0, 0.1) is 17.2 Å². The summed E-state index contributed by atoms with van der Waals surface area (Å²) in [5.41, 5.74) is 2.45. The molecule has 6 atom stereocenters. The van der Waals surface area contributed by atoms with Crippen molar-refractivity contribution in [2.45, 2.75) is 57.3 Å². The Hall–Kier alpha value is -2.90. The fraction of sp³-hybridized carbons (Fsp3) is 0.500. The molecule has 0 spiro atoms. The van der Waals surface area contributed by atoms with E-state index in [2.05, 4.69) is 10.3 Å². The number of nitriles is 1. The quantitative estimate of drug-likeness (QED) is 0.501. The summed E-state index contributed by atoms with van der Waals surface area (Å²) in [5, 5.41) is 32.2. The average Bonchev–Trinajstić information content (AvgIpc) is 2.87. The molecule has 3 rings (SSSR count). The molecule has 0 aliphatic carbocycles. The van der Waals surface area contributed by atoms with Gasteiger partial charge in [0.2, 0.25) is 5.91 Å². The summed E-state index contributed by atoms with van der Waals surface area (Å²) in [5.74, 6) is -0.449. The zero-order valence-electron chi connectivity index (χ0n) is 20.3. The van der Waals surface area contributed by atoms with Gasteiger partial charge in [-0.05, 0) is 43.7 Å². The van der Waals surface area contributed by atoms with Gasteiger partial charge in [0.15, 0.2) is 6.29 Å². The van der Waals surface area contributed by atoms with Crippen molar-refractivity contribution >= 4 is 5.91 Å². The maximum atomic E-state index is 13.7. The monoisotopic (exact) mass is 484 g/mol. The Morgan fingerprint density at radius 1 is 1.29 bits per heavy atom. The molecule has 8 nitrogen and oxygen atoms in total. The van der Waals surface area contributed by atoms with Crippen LogP contribution < -0.4 is 5.32 Å². The lowest BCUT2D eigenvalue weighted by Gasteiger charge is -2.41. The molecule has 2 unspecified atom stereocenters. The van der Waals surface area contributed by atoms with Crippen LogP contribution in [-0.4, -0.2) is 70.7 Å². The molecule has 0 radical (unpaired) electrons. The second-order valence-corrected chi connectivity index (χ2v) is 9.17. The molecule has 1 aromatic heterocycles. The molecule has 9 heteroatoms. The van der Waals surface area contributed by atoms with Crippen molar-refractivity contribution in [1.29, 1.82) is 5.26 Å². The van der Waals surface area contributed by atoms with Gasteiger partial charge < -0.3 is 25.2 Å². The number of carbonyl (C=O) groups is 1. The molecular formula is C26H33FN4O4. The number of amides is 1. The van der Waals surface area contributed by atoms with Crippen LogP contribution in [0.2, 0.25) is 0 Å². The number of nitrogens with one attached hydrogen (secondary N) is 1. The number of halogens is 1. The van der Waals surface area contributed by atoms with Gasteiger partial charge in [-0.3, -0.25) is 4.79 Å². The predicted molar refractivity (Wildman–Crippen MR) is 129 cm³/mol. The minimum absolute atomic E-state index is 0.0638. The summed E-state index contributed by atoms with van der Waals surface area (Å²) in [7, 11) is 1.89. The SMILES string of the molecule is CC1[C@H](O)O[C@H](C)C[C@@H]1N(C)CCC(=O)NC(CF)[C@H](O)c1ccc(-c2ccc(C#N)nc2)cc1. The standard InChI is InChI=1S/C26H33FN4O4/c1-16-12-23(17(2)26(34)35-16)31(3)11-10-24(32)30-22(13-27)25(33)19-6-4-18(5-7-19)20-8-9-21(14-28)29-15-20/h4-9,15-17,22-23,25-26,33-34H,10-13H2,1-3H3,(H,30,32)/t16-,17?,22?,23+,25-,26-/m1/s1. The lowest BCUT2D eigenvalue weighted by Crippen LogP contribution is -2.50. The highest BCUT2D eigenvalue weighted by Gasteiger charge is 2.35. The summed E-state index contributed by atoms with van der Waals surface area (Å²) in [6, 6.07) is 11.3. The molecule has 188 valence electrons. The maximum absolute atomic E-state index is 13.7. The summed E-state index contributed by atoms with van der Waals surface area (Å²) in [6.07, 6.45) is 0.351. The number of carbonyl (C=O) groups excluding carboxylic acids is 1. The van der Waals surface area contributed by atoms with Crippen LogP contribution in [0.15, 0.2) is 42.6 Å². The number of alkyl halides is 1. The molecule has 3 N–H and O–H groups in total. The highest BCUT2D eigenvalue weighted by Crippen LogP contribution is 2.27. The maximum Gasteiger partial charge on any atom is 0.221 e. The number of hydrogen-bond donors (Lipinski definition) is 3. The number of aliphatic hydroxyl groups excluding tert-OH is 2. The first kappa shape index (κ1) is 26.7. The molecule has 1 aromatic carbocycles. The number of pyridine rings is 1. The Labute approximate surface area is 205 Å². The average molecular weight is 485 g/mol. The lowest BCUT2D eigenvalue weighted by molar-refractivity contribution is -0.204. The third-order valence-corrected chi connectivity index (χ3v) is 6.62. The largest absolute Gasteiger partial charge is 0.386 e. The van der Waals surface area contributed by atoms with Crippen LogP contribution >= 0.6 is 0 Å². The fourth-order valence-corrected chi connectivity index (χ4v) is 4.40. The topological polar surface area (TPSA) is 119 Å². The Morgan fingerprint density at radius 2 is 1.97 bits per heavy atom. The van der Waals surface area contributed by atoms with E-state index in [0.717, 1.165) is 17.5 Å². The van der Waals surface area contributed by atoms with Crippen LogP contribution in [0.5, 0.6) is 0 Å². The number of benzene rings is 1. The molecule has 0 saturated carbocycles. The highest BCUT2D eigenvalue weighted by atomic mass is 19.1. The van der Waals surface area contributed by atoms with Gasteiger partial charge in [-0.25, -0.2) is 9.37 Å². The minimum atomic E-state index is -1.21. The summed E-state index contributed by atoms with van der Waals surface area (Å²) in [6.45, 7) is 3.34. The van der Waals surface area contributed by atoms with Gasteiger partial charge in [0.1, 0.15) is 24.5 Å². The smallest absolute Gasteiger partial charge is 0.221 e. The third-order valence-electron chi connectivity index (χ3n) is 6.62. The van der Waals surface area contributed by atoms with Gasteiger partial charge in [-0.2, -0.15) is 5.26 Å². The normalized spacial score (nSPS) is 23.9. The van der Waals surface area contributed by atoms with E-state index >= 15 is 0 Å². The molecule has 1 fully saturated rings. The number of hydrogen-bond acceptors (Lipinski definition) is 7. The van der Waals surface area contributed by atoms with Crippen molar-refractivity contribution in [2.75, 3.05) is 20.3 Å². The molecule has 1 amide bonds. The van der Waals surface area contributed by atoms with E-state index in [1.807, 2.05) is 31.9 Å². The summed E-state index contributed by atoms with van der Waals surface area (Å²) in [4.78, 5) is 18.6. The number of aromatic nitrogens is 1. The number of nitrogens with zero attached hydrogens (tertiary/aromatic N) is 3. The van der Waals surface area contributed by atoms with Crippen LogP contribution in [0.1, 0.15) is 44.1 Å². The van der Waals surface area contributed by atoms with Gasteiger partial charge in [-0.15, -0.1) is 0 Å². The van der Waals surface area contributed by atoms with Crippen molar-refractivity contribution in [3.8, 4) is 17.2 Å². The molecular weight excluding hydrogens is 451 g/mol. The Morgan fingerprint density at radius 3 is 2.57 bits per heavy atom. The van der Waals surface area contributed by atoms with E-state index in [1.54, 1.807) is 42.6 Å². The van der Waals surface area contributed by atoms with Crippen molar-refractivity contribution < 1.29 is 24.1 Å². The Bertz CT molecular complexity index is 1010. The molecule has 2 aromatic rings. The second kappa shape index (κ2) is 12.2. The number of ether oxygens (including phenoxy) is 1. The Kier molecular flexibility index (Phi) is 9.29. The van der Waals surface area contributed by atoms with Gasteiger partial charge in [0.25, 0.3) is 0 Å². The van der Waals surface area contributed by atoms with Gasteiger partial charge >= 0.3 is 0 Å². The summed E-state index contributed by atoms with van der Waals surface area (Å²) >= 11 is 0. The molecule has 1 aliphatic heterocycles. The van der Waals surface area contributed by atoms with Crippen molar-refractivity contribution in [2.24, 2.45) is 5.92 Å². The summed E-state index contributed by atoms with van der Waals surface area (Å²) < 4.78 is 19.2. The molecule has 1 aliphatic rings. The molecule has 35 heavy (non-hydrogen) atoms. The predicted octanol–water partition coefficient (Wildman–Crippen LogP) is 2.56. The van der Waals surface area contributed by atoms with E-state index in [-0.39, 0.29) is 30.4 Å². The van der Waals surface area contributed by atoms with E-state index in [0.29, 0.717) is 17.8 Å². The van der Waals surface area contributed by atoms with Crippen molar-refractivity contribution in [3.63, 3.8) is 0 Å². The zero-order chi connectivity index (χ0) is 25.5. The van der Waals surface area contributed by atoms with E-state index in [4.69, 9.17) is 10.00 Å². The molecule has 1 saturated heterocycles. The van der Waals surface area contributed by atoms with Crippen LogP contribution in [0.4, 0.5) is 4.39 Å². The number of rotatable bonds is 9. The molecule has 2 heterocycles. The van der Waals surface area contributed by atoms with Gasteiger partial charge in [0, 0.05) is 36.7 Å². The lowest BCUT2D eigenvalue weighted by atomic mass is 9.91. The molecule has 0 bridgehead atoms. The van der Waals surface area contributed by atoms with Crippen LogP contribution in [0.3, 0.4) is 0 Å². The van der Waals surface area contributed by atoms with Crippen molar-refractivity contribution in [3.05, 3.63) is 53.9 Å². The van der Waals surface area contributed by atoms with E-state index in [1.165, 1.54) is 0 Å². The van der Waals surface area contributed by atoms with Crippen LogP contribution in [-0.2, 0) is 9.53 Å². The first-order chi connectivity index (χ1) is 16.7. The van der Waals surface area contributed by atoms with E-state index in [9.17, 15) is 19.4 Å². The minimum Gasteiger partial charge on any atom is -0.386 e.